The molecule has 0 spiro atoms. The van der Waals surface area contributed by atoms with Gasteiger partial charge < -0.3 is 14.2 Å². The Hall–Kier alpha value is -3.51. The Labute approximate surface area is 202 Å². The maximum absolute atomic E-state index is 14.8. The molecule has 2 aliphatic rings. The summed E-state index contributed by atoms with van der Waals surface area (Å²) >= 11 is 0. The van der Waals surface area contributed by atoms with Crippen molar-refractivity contribution in [1.29, 1.82) is 5.26 Å². The van der Waals surface area contributed by atoms with Crippen molar-refractivity contribution in [2.24, 2.45) is 7.05 Å². The van der Waals surface area contributed by atoms with Crippen LogP contribution in [0.3, 0.4) is 0 Å². The fourth-order valence-electron chi connectivity index (χ4n) is 5.54. The topological polar surface area (TPSA) is 74.4 Å². The summed E-state index contributed by atoms with van der Waals surface area (Å²) in [7, 11) is 1.67. The minimum absolute atomic E-state index is 0.0601. The molecule has 1 saturated heterocycles. The second-order valence-corrected chi connectivity index (χ2v) is 9.18. The molecule has 0 radical (unpaired) electrons. The van der Waals surface area contributed by atoms with Crippen LogP contribution in [0.2, 0.25) is 0 Å². The van der Waals surface area contributed by atoms with E-state index in [1.165, 1.54) is 16.7 Å². The first kappa shape index (κ1) is 23.2. The molecule has 0 amide bonds. The van der Waals surface area contributed by atoms with E-state index in [2.05, 4.69) is 27.8 Å². The molecule has 1 unspecified atom stereocenters. The Kier molecular flexibility index (Phi) is 5.93. The number of halogens is 2. The van der Waals surface area contributed by atoms with Crippen LogP contribution in [-0.2, 0) is 7.05 Å². The number of piperazine rings is 1. The van der Waals surface area contributed by atoms with Gasteiger partial charge in [-0.25, -0.2) is 13.8 Å². The molecule has 9 heteroatoms. The molecule has 182 valence electrons. The number of fused-ring (bicyclic) bond motifs is 5. The smallest absolute Gasteiger partial charge is 0.295 e. The van der Waals surface area contributed by atoms with Crippen molar-refractivity contribution in [2.75, 3.05) is 24.6 Å². The number of pyridine rings is 2. The number of anilines is 1. The third-order valence-corrected chi connectivity index (χ3v) is 7.31. The second kappa shape index (κ2) is 8.93. The Balaban J connectivity index is 1.59. The van der Waals surface area contributed by atoms with Gasteiger partial charge in [-0.15, -0.1) is 0 Å². The van der Waals surface area contributed by atoms with Gasteiger partial charge in [-0.3, -0.25) is 9.69 Å². The predicted octanol–water partition coefficient (Wildman–Crippen LogP) is 3.90. The Morgan fingerprint density at radius 2 is 2.03 bits per heavy atom. The van der Waals surface area contributed by atoms with E-state index in [9.17, 15) is 18.8 Å². The van der Waals surface area contributed by atoms with E-state index in [4.69, 9.17) is 4.74 Å². The molecule has 2 aromatic heterocycles. The first-order valence-corrected chi connectivity index (χ1v) is 11.9. The SMILES string of the molecule is CCC(c1ccc(F)cc1F)N1C[C@H]2COc3c(c4nc(C#N)ccc4n(C)c3=O)N2C[C@H]1CC. The molecule has 0 saturated carbocycles. The van der Waals surface area contributed by atoms with Crippen LogP contribution in [0.4, 0.5) is 14.5 Å². The number of benzene rings is 1. The fourth-order valence-corrected chi connectivity index (χ4v) is 5.54. The summed E-state index contributed by atoms with van der Waals surface area (Å²) < 4.78 is 35.8. The number of hydrogen-bond donors (Lipinski definition) is 0. The highest BCUT2D eigenvalue weighted by Gasteiger charge is 2.42. The van der Waals surface area contributed by atoms with E-state index < -0.39 is 11.6 Å². The summed E-state index contributed by atoms with van der Waals surface area (Å²) in [6, 6.07) is 8.96. The van der Waals surface area contributed by atoms with Gasteiger partial charge in [0, 0.05) is 43.9 Å². The summed E-state index contributed by atoms with van der Waals surface area (Å²) in [5.74, 6) is -0.881. The summed E-state index contributed by atoms with van der Waals surface area (Å²) in [6.07, 6.45) is 1.47. The van der Waals surface area contributed by atoms with Crippen molar-refractivity contribution in [3.05, 3.63) is 63.6 Å². The molecule has 3 atom stereocenters. The summed E-state index contributed by atoms with van der Waals surface area (Å²) in [5, 5.41) is 9.42. The average molecular weight is 480 g/mol. The molecule has 0 aliphatic carbocycles. The van der Waals surface area contributed by atoms with Crippen LogP contribution in [0, 0.1) is 23.0 Å². The first-order valence-electron chi connectivity index (χ1n) is 11.9. The van der Waals surface area contributed by atoms with Crippen LogP contribution in [-0.4, -0.2) is 46.2 Å². The van der Waals surface area contributed by atoms with Crippen LogP contribution >= 0.6 is 0 Å². The summed E-state index contributed by atoms with van der Waals surface area (Å²) in [4.78, 5) is 22.1. The van der Waals surface area contributed by atoms with Gasteiger partial charge in [0.25, 0.3) is 5.56 Å². The summed E-state index contributed by atoms with van der Waals surface area (Å²) in [5.41, 5.74) is 2.32. The standard InChI is InChI=1S/C26H27F2N5O2/c1-4-17-12-33-18(13-32(17)21(5-2)19-8-6-15(27)10-20(19)28)14-35-25-24(33)23-22(31(3)26(25)34)9-7-16(11-29)30-23/h6-10,17-18,21H,4-5,12-14H2,1-3H3/t17-,18+,21?/m1/s1. The van der Waals surface area contributed by atoms with Crippen molar-refractivity contribution in [2.45, 2.75) is 44.8 Å². The van der Waals surface area contributed by atoms with Crippen LogP contribution in [0.15, 0.2) is 35.1 Å². The number of hydrogen-bond acceptors (Lipinski definition) is 6. The van der Waals surface area contributed by atoms with Gasteiger partial charge in [0.15, 0.2) is 0 Å². The maximum atomic E-state index is 14.8. The van der Waals surface area contributed by atoms with Crippen molar-refractivity contribution in [1.82, 2.24) is 14.5 Å². The van der Waals surface area contributed by atoms with E-state index in [1.807, 2.05) is 6.92 Å². The Bertz CT molecular complexity index is 1400. The van der Waals surface area contributed by atoms with Crippen LogP contribution in [0.1, 0.15) is 44.0 Å². The number of ether oxygens (including phenoxy) is 1. The lowest BCUT2D eigenvalue weighted by molar-refractivity contribution is 0.0704. The highest BCUT2D eigenvalue weighted by atomic mass is 19.1. The minimum Gasteiger partial charge on any atom is -0.484 e. The Morgan fingerprint density at radius 3 is 2.71 bits per heavy atom. The summed E-state index contributed by atoms with van der Waals surface area (Å²) in [6.45, 7) is 5.57. The molecular formula is C26H27F2N5O2. The third-order valence-electron chi connectivity index (χ3n) is 7.31. The molecule has 7 nitrogen and oxygen atoms in total. The highest BCUT2D eigenvalue weighted by molar-refractivity contribution is 5.93. The first-order chi connectivity index (χ1) is 16.9. The molecular weight excluding hydrogens is 452 g/mol. The zero-order valence-corrected chi connectivity index (χ0v) is 20.0. The molecule has 0 N–H and O–H groups in total. The molecule has 0 bridgehead atoms. The molecule has 1 aromatic carbocycles. The molecule has 2 aliphatic heterocycles. The molecule has 5 rings (SSSR count). The largest absolute Gasteiger partial charge is 0.484 e. The maximum Gasteiger partial charge on any atom is 0.295 e. The molecule has 3 aromatic rings. The third kappa shape index (κ3) is 3.73. The van der Waals surface area contributed by atoms with Gasteiger partial charge in [0.1, 0.15) is 41.2 Å². The fraction of sp³-hybridized carbons (Fsp3) is 0.423. The zero-order chi connectivity index (χ0) is 24.9. The quantitative estimate of drug-likeness (QED) is 0.565. The van der Waals surface area contributed by atoms with Gasteiger partial charge >= 0.3 is 0 Å². The van der Waals surface area contributed by atoms with Gasteiger partial charge in [-0.05, 0) is 31.0 Å². The minimum atomic E-state index is -0.590. The van der Waals surface area contributed by atoms with Crippen molar-refractivity contribution in [3.8, 4) is 11.8 Å². The Morgan fingerprint density at radius 1 is 1.23 bits per heavy atom. The number of aromatic nitrogens is 2. The van der Waals surface area contributed by atoms with Crippen molar-refractivity contribution >= 4 is 16.7 Å². The number of rotatable bonds is 4. The molecule has 1 fully saturated rings. The lowest BCUT2D eigenvalue weighted by atomic mass is 9.94. The number of nitrogens with zero attached hydrogens (tertiary/aromatic N) is 5. The molecule has 35 heavy (non-hydrogen) atoms. The van der Waals surface area contributed by atoms with Gasteiger partial charge in [-0.2, -0.15) is 5.26 Å². The predicted molar refractivity (Wildman–Crippen MR) is 129 cm³/mol. The van der Waals surface area contributed by atoms with E-state index in [-0.39, 0.29) is 35.1 Å². The van der Waals surface area contributed by atoms with Crippen LogP contribution in [0.5, 0.6) is 5.75 Å². The van der Waals surface area contributed by atoms with Crippen LogP contribution < -0.4 is 15.2 Å². The van der Waals surface area contributed by atoms with E-state index in [0.717, 1.165) is 12.5 Å². The lowest BCUT2D eigenvalue weighted by Crippen LogP contribution is -2.62. The lowest BCUT2D eigenvalue weighted by Gasteiger charge is -2.51. The normalized spacial score (nSPS) is 20.6. The number of nitriles is 1. The molecule has 4 heterocycles. The van der Waals surface area contributed by atoms with E-state index >= 15 is 0 Å². The number of aryl methyl sites for hydroxylation is 1. The highest BCUT2D eigenvalue weighted by Crippen LogP contribution is 2.41. The van der Waals surface area contributed by atoms with Crippen LogP contribution in [0.25, 0.3) is 11.0 Å². The van der Waals surface area contributed by atoms with E-state index in [0.29, 0.717) is 48.4 Å². The average Bonchev–Trinajstić information content (AvgIpc) is 2.87. The van der Waals surface area contributed by atoms with E-state index in [1.54, 1.807) is 19.2 Å². The van der Waals surface area contributed by atoms with Gasteiger partial charge in [-0.1, -0.05) is 19.9 Å². The van der Waals surface area contributed by atoms with Crippen molar-refractivity contribution in [3.63, 3.8) is 0 Å². The zero-order valence-electron chi connectivity index (χ0n) is 20.0. The van der Waals surface area contributed by atoms with Crippen molar-refractivity contribution < 1.29 is 13.5 Å². The van der Waals surface area contributed by atoms with Gasteiger partial charge in [0.05, 0.1) is 11.6 Å². The van der Waals surface area contributed by atoms with Gasteiger partial charge in [0.2, 0.25) is 5.75 Å². The second-order valence-electron chi connectivity index (χ2n) is 9.18. The monoisotopic (exact) mass is 479 g/mol.